The Morgan fingerprint density at radius 1 is 1.12 bits per heavy atom. The van der Waals surface area contributed by atoms with Crippen LogP contribution in [0.2, 0.25) is 0 Å². The molecule has 132 valence electrons. The fourth-order valence-corrected chi connectivity index (χ4v) is 2.14. The molecular weight excluding hydrogens is 341 g/mol. The zero-order valence-electron chi connectivity index (χ0n) is 14.2. The summed E-state index contributed by atoms with van der Waals surface area (Å²) in [4.78, 5) is 12.1. The maximum absolute atomic E-state index is 13.5. The van der Waals surface area contributed by atoms with Crippen LogP contribution in [0, 0.1) is 12.7 Å². The Labute approximate surface area is 151 Å². The van der Waals surface area contributed by atoms with Crippen LogP contribution in [-0.2, 0) is 0 Å². The van der Waals surface area contributed by atoms with Crippen LogP contribution in [0.4, 0.5) is 10.1 Å². The Morgan fingerprint density at radius 2 is 1.80 bits per heavy atom. The summed E-state index contributed by atoms with van der Waals surface area (Å²) in [6.45, 7) is 5.53. The molecule has 0 unspecified atom stereocenters. The van der Waals surface area contributed by atoms with E-state index in [1.165, 1.54) is 6.07 Å². The summed E-state index contributed by atoms with van der Waals surface area (Å²) in [5.74, 6) is 0.00831. The fourth-order valence-electron chi connectivity index (χ4n) is 1.98. The van der Waals surface area contributed by atoms with Crippen molar-refractivity contribution in [1.82, 2.24) is 10.9 Å². The van der Waals surface area contributed by atoms with Crippen molar-refractivity contribution in [3.63, 3.8) is 0 Å². The zero-order valence-corrected chi connectivity index (χ0v) is 15.0. The quantitative estimate of drug-likeness (QED) is 0.574. The molecule has 0 aliphatic carbocycles. The van der Waals surface area contributed by atoms with Gasteiger partial charge in [-0.15, -0.1) is 0 Å². The number of carbonyl (C=O) groups excluding carboxylic acids is 1. The number of anilines is 1. The predicted octanol–water partition coefficient (Wildman–Crippen LogP) is 3.55. The number of aryl methyl sites for hydroxylation is 1. The lowest BCUT2D eigenvalue weighted by molar-refractivity contribution is 0.0944. The third-order valence-electron chi connectivity index (χ3n) is 3.21. The van der Waals surface area contributed by atoms with E-state index >= 15 is 0 Å². The molecule has 0 aliphatic rings. The van der Waals surface area contributed by atoms with E-state index in [9.17, 15) is 9.18 Å². The molecule has 2 rings (SSSR count). The van der Waals surface area contributed by atoms with E-state index in [-0.39, 0.29) is 22.9 Å². The minimum atomic E-state index is -0.352. The Hall–Kier alpha value is -2.67. The number of halogens is 1. The molecule has 0 aliphatic heterocycles. The Morgan fingerprint density at radius 3 is 2.40 bits per heavy atom. The van der Waals surface area contributed by atoms with E-state index in [1.54, 1.807) is 43.3 Å². The first kappa shape index (κ1) is 18.7. The highest BCUT2D eigenvalue weighted by Crippen LogP contribution is 2.14. The lowest BCUT2D eigenvalue weighted by Crippen LogP contribution is -2.43. The third-order valence-corrected chi connectivity index (χ3v) is 3.41. The van der Waals surface area contributed by atoms with Gasteiger partial charge in [-0.1, -0.05) is 6.07 Å². The van der Waals surface area contributed by atoms with Crippen LogP contribution in [0.25, 0.3) is 0 Å². The SMILES string of the molecule is Cc1ccc(NC(=S)NNC(=O)c2ccc(OC(C)C)cc2)cc1F. The Balaban J connectivity index is 1.86. The lowest BCUT2D eigenvalue weighted by atomic mass is 10.2. The Kier molecular flexibility index (Phi) is 6.30. The summed E-state index contributed by atoms with van der Waals surface area (Å²) in [6.07, 6.45) is 0.0661. The number of ether oxygens (including phenoxy) is 1. The largest absolute Gasteiger partial charge is 0.491 e. The standard InChI is InChI=1S/C18H20FN3O2S/c1-11(2)24-15-8-5-13(6-9-15)17(23)21-22-18(25)20-14-7-4-12(3)16(19)10-14/h4-11H,1-3H3,(H,21,23)(H2,20,22,25). The molecule has 25 heavy (non-hydrogen) atoms. The normalized spacial score (nSPS) is 10.3. The molecule has 0 radical (unpaired) electrons. The van der Waals surface area contributed by atoms with Gasteiger partial charge in [-0.25, -0.2) is 4.39 Å². The van der Waals surface area contributed by atoms with Crippen LogP contribution in [0.15, 0.2) is 42.5 Å². The smallest absolute Gasteiger partial charge is 0.269 e. The molecule has 7 heteroatoms. The van der Waals surface area contributed by atoms with E-state index in [0.717, 1.165) is 0 Å². The summed E-state index contributed by atoms with van der Waals surface area (Å²) in [5.41, 5.74) is 6.54. The molecule has 3 N–H and O–H groups in total. The summed E-state index contributed by atoms with van der Waals surface area (Å²) >= 11 is 5.07. The first-order chi connectivity index (χ1) is 11.8. The van der Waals surface area contributed by atoms with Gasteiger partial charge in [0, 0.05) is 11.3 Å². The number of rotatable bonds is 4. The molecule has 0 spiro atoms. The van der Waals surface area contributed by atoms with Crippen molar-refractivity contribution < 1.29 is 13.9 Å². The van der Waals surface area contributed by atoms with Crippen molar-refractivity contribution in [2.75, 3.05) is 5.32 Å². The van der Waals surface area contributed by atoms with Gasteiger partial charge in [0.2, 0.25) is 0 Å². The minimum Gasteiger partial charge on any atom is -0.491 e. The first-order valence-corrected chi connectivity index (χ1v) is 8.16. The van der Waals surface area contributed by atoms with Crippen molar-refractivity contribution in [2.24, 2.45) is 0 Å². The molecule has 5 nitrogen and oxygen atoms in total. The van der Waals surface area contributed by atoms with Crippen LogP contribution >= 0.6 is 12.2 Å². The van der Waals surface area contributed by atoms with Crippen LogP contribution in [-0.4, -0.2) is 17.1 Å². The molecule has 0 heterocycles. The molecule has 0 aromatic heterocycles. The summed E-state index contributed by atoms with van der Waals surface area (Å²) in [5, 5.41) is 2.94. The van der Waals surface area contributed by atoms with E-state index < -0.39 is 0 Å². The van der Waals surface area contributed by atoms with Gasteiger partial charge in [-0.05, 0) is 75.0 Å². The summed E-state index contributed by atoms with van der Waals surface area (Å²) in [7, 11) is 0. The number of hydrogen-bond donors (Lipinski definition) is 3. The summed E-state index contributed by atoms with van der Waals surface area (Å²) in [6, 6.07) is 11.4. The highest BCUT2D eigenvalue weighted by Gasteiger charge is 2.07. The van der Waals surface area contributed by atoms with Crippen molar-refractivity contribution in [2.45, 2.75) is 26.9 Å². The van der Waals surface area contributed by atoms with Crippen molar-refractivity contribution >= 4 is 28.9 Å². The van der Waals surface area contributed by atoms with Gasteiger partial charge >= 0.3 is 0 Å². The molecule has 0 saturated carbocycles. The van der Waals surface area contributed by atoms with Gasteiger partial charge in [0.15, 0.2) is 5.11 Å². The van der Waals surface area contributed by atoms with E-state index in [1.807, 2.05) is 13.8 Å². The van der Waals surface area contributed by atoms with Crippen LogP contribution in [0.1, 0.15) is 29.8 Å². The van der Waals surface area contributed by atoms with Gasteiger partial charge in [-0.3, -0.25) is 15.6 Å². The molecule has 0 saturated heterocycles. The average Bonchev–Trinajstić information content (AvgIpc) is 2.56. The van der Waals surface area contributed by atoms with Crippen molar-refractivity contribution in [3.8, 4) is 5.75 Å². The first-order valence-electron chi connectivity index (χ1n) is 7.75. The van der Waals surface area contributed by atoms with E-state index in [2.05, 4.69) is 16.2 Å². The van der Waals surface area contributed by atoms with Gasteiger partial charge in [0.1, 0.15) is 11.6 Å². The van der Waals surface area contributed by atoms with Gasteiger partial charge in [-0.2, -0.15) is 0 Å². The molecule has 0 bridgehead atoms. The maximum Gasteiger partial charge on any atom is 0.269 e. The Bertz CT molecular complexity index is 763. The highest BCUT2D eigenvalue weighted by molar-refractivity contribution is 7.80. The van der Waals surface area contributed by atoms with Crippen molar-refractivity contribution in [1.29, 1.82) is 0 Å². The zero-order chi connectivity index (χ0) is 18.4. The second-order valence-electron chi connectivity index (χ2n) is 5.69. The van der Waals surface area contributed by atoms with E-state index in [0.29, 0.717) is 22.6 Å². The van der Waals surface area contributed by atoms with Crippen LogP contribution in [0.5, 0.6) is 5.75 Å². The van der Waals surface area contributed by atoms with Crippen LogP contribution in [0.3, 0.4) is 0 Å². The van der Waals surface area contributed by atoms with Gasteiger partial charge in [0.05, 0.1) is 6.10 Å². The predicted molar refractivity (Wildman–Crippen MR) is 100 cm³/mol. The monoisotopic (exact) mass is 361 g/mol. The molecule has 2 aromatic rings. The molecular formula is C18H20FN3O2S. The van der Waals surface area contributed by atoms with Crippen molar-refractivity contribution in [3.05, 3.63) is 59.4 Å². The third kappa shape index (κ3) is 5.72. The highest BCUT2D eigenvalue weighted by atomic mass is 32.1. The number of hydrazine groups is 1. The second kappa shape index (κ2) is 8.43. The fraction of sp³-hybridized carbons (Fsp3) is 0.222. The average molecular weight is 361 g/mol. The summed E-state index contributed by atoms with van der Waals surface area (Å²) < 4.78 is 19.0. The number of nitrogens with one attached hydrogen (secondary N) is 3. The molecule has 1 amide bonds. The number of thiocarbonyl (C=S) groups is 1. The topological polar surface area (TPSA) is 62.4 Å². The molecule has 0 atom stereocenters. The number of carbonyl (C=O) groups is 1. The lowest BCUT2D eigenvalue weighted by Gasteiger charge is -2.13. The number of benzene rings is 2. The molecule has 2 aromatic carbocycles. The minimum absolute atomic E-state index is 0.0661. The second-order valence-corrected chi connectivity index (χ2v) is 6.10. The number of hydrogen-bond acceptors (Lipinski definition) is 3. The van der Waals surface area contributed by atoms with Gasteiger partial charge < -0.3 is 10.1 Å². The molecule has 0 fully saturated rings. The van der Waals surface area contributed by atoms with E-state index in [4.69, 9.17) is 17.0 Å². The maximum atomic E-state index is 13.5. The van der Waals surface area contributed by atoms with Gasteiger partial charge in [0.25, 0.3) is 5.91 Å². The van der Waals surface area contributed by atoms with Crippen LogP contribution < -0.4 is 20.9 Å². The number of amides is 1.